The van der Waals surface area contributed by atoms with Crippen LogP contribution >= 0.6 is 15.9 Å². The SMILES string of the molecule is CC(=O)c1cccc(NC(=O)Cn2ccc(=O)c3ccc(Br)cc32)c1. The number of amides is 1. The van der Waals surface area contributed by atoms with Crippen molar-refractivity contribution in [3.05, 3.63) is 75.0 Å². The third-order valence-electron chi connectivity index (χ3n) is 3.81. The number of nitrogens with zero attached hydrogens (tertiary/aromatic N) is 1. The molecule has 0 fully saturated rings. The molecule has 0 radical (unpaired) electrons. The van der Waals surface area contributed by atoms with E-state index >= 15 is 0 Å². The van der Waals surface area contributed by atoms with Crippen molar-refractivity contribution in [2.75, 3.05) is 5.32 Å². The van der Waals surface area contributed by atoms with E-state index in [1.54, 1.807) is 53.2 Å². The molecule has 0 atom stereocenters. The molecule has 2 aromatic carbocycles. The molecule has 0 unspecified atom stereocenters. The smallest absolute Gasteiger partial charge is 0.244 e. The lowest BCUT2D eigenvalue weighted by atomic mass is 10.1. The molecular formula is C19H15BrN2O3. The summed E-state index contributed by atoms with van der Waals surface area (Å²) in [5.74, 6) is -0.307. The number of hydrogen-bond donors (Lipinski definition) is 1. The van der Waals surface area contributed by atoms with Gasteiger partial charge in [-0.25, -0.2) is 0 Å². The third-order valence-corrected chi connectivity index (χ3v) is 4.30. The Bertz CT molecular complexity index is 1040. The second kappa shape index (κ2) is 7.03. The van der Waals surface area contributed by atoms with E-state index in [4.69, 9.17) is 0 Å². The summed E-state index contributed by atoms with van der Waals surface area (Å²) in [4.78, 5) is 35.8. The van der Waals surface area contributed by atoms with Crippen LogP contribution in [0.15, 0.2) is 64.0 Å². The fraction of sp³-hybridized carbons (Fsp3) is 0.105. The number of fused-ring (bicyclic) bond motifs is 1. The average molecular weight is 399 g/mol. The van der Waals surface area contributed by atoms with Crippen molar-refractivity contribution in [3.8, 4) is 0 Å². The Kier molecular flexibility index (Phi) is 4.81. The maximum absolute atomic E-state index is 12.4. The molecule has 126 valence electrons. The lowest BCUT2D eigenvalue weighted by Gasteiger charge is -2.12. The van der Waals surface area contributed by atoms with Crippen molar-refractivity contribution >= 4 is 44.2 Å². The average Bonchev–Trinajstić information content (AvgIpc) is 2.57. The molecule has 0 aliphatic heterocycles. The number of halogens is 1. The van der Waals surface area contributed by atoms with E-state index < -0.39 is 0 Å². The van der Waals surface area contributed by atoms with Gasteiger partial charge in [-0.2, -0.15) is 0 Å². The van der Waals surface area contributed by atoms with E-state index in [2.05, 4.69) is 21.2 Å². The van der Waals surface area contributed by atoms with E-state index in [9.17, 15) is 14.4 Å². The van der Waals surface area contributed by atoms with Gasteiger partial charge in [0.1, 0.15) is 6.54 Å². The van der Waals surface area contributed by atoms with Crippen LogP contribution in [-0.2, 0) is 11.3 Å². The minimum absolute atomic E-state index is 0.0531. The number of Topliss-reactive ketones (excluding diaryl/α,β-unsaturated/α-hetero) is 1. The van der Waals surface area contributed by atoms with Crippen LogP contribution in [0.2, 0.25) is 0 Å². The summed E-state index contributed by atoms with van der Waals surface area (Å²) in [6.07, 6.45) is 1.60. The maximum atomic E-state index is 12.4. The minimum atomic E-state index is -0.245. The molecule has 1 heterocycles. The molecule has 3 rings (SSSR count). The van der Waals surface area contributed by atoms with Crippen molar-refractivity contribution in [2.45, 2.75) is 13.5 Å². The minimum Gasteiger partial charge on any atom is -0.338 e. The van der Waals surface area contributed by atoms with E-state index in [1.165, 1.54) is 13.0 Å². The number of aromatic nitrogens is 1. The van der Waals surface area contributed by atoms with Crippen molar-refractivity contribution in [3.63, 3.8) is 0 Å². The Morgan fingerprint density at radius 2 is 1.92 bits per heavy atom. The van der Waals surface area contributed by atoms with Gasteiger partial charge in [0.2, 0.25) is 5.91 Å². The van der Waals surface area contributed by atoms with Gasteiger partial charge in [0.15, 0.2) is 11.2 Å². The number of anilines is 1. The number of benzene rings is 2. The van der Waals surface area contributed by atoms with Crippen LogP contribution in [0.25, 0.3) is 10.9 Å². The van der Waals surface area contributed by atoms with Gasteiger partial charge in [0.05, 0.1) is 5.52 Å². The van der Waals surface area contributed by atoms with Gasteiger partial charge in [-0.15, -0.1) is 0 Å². The predicted octanol–water partition coefficient (Wildman–Crippen LogP) is 3.61. The molecular weight excluding hydrogens is 384 g/mol. The van der Waals surface area contributed by atoms with E-state index in [0.29, 0.717) is 22.2 Å². The van der Waals surface area contributed by atoms with Gasteiger partial charge in [-0.05, 0) is 37.3 Å². The number of nitrogens with one attached hydrogen (secondary N) is 1. The summed E-state index contributed by atoms with van der Waals surface area (Å²) in [6, 6.07) is 13.6. The molecule has 3 aromatic rings. The second-order valence-electron chi connectivity index (χ2n) is 5.65. The van der Waals surface area contributed by atoms with Gasteiger partial charge in [0.25, 0.3) is 0 Å². The summed E-state index contributed by atoms with van der Waals surface area (Å²) in [6.45, 7) is 1.53. The van der Waals surface area contributed by atoms with E-state index in [-0.39, 0.29) is 23.7 Å². The fourth-order valence-electron chi connectivity index (χ4n) is 2.59. The summed E-state index contributed by atoms with van der Waals surface area (Å²) >= 11 is 3.38. The predicted molar refractivity (Wildman–Crippen MR) is 101 cm³/mol. The third kappa shape index (κ3) is 3.85. The van der Waals surface area contributed by atoms with Gasteiger partial charge in [-0.1, -0.05) is 28.1 Å². The Balaban J connectivity index is 1.86. The number of hydrogen-bond acceptors (Lipinski definition) is 3. The zero-order valence-corrected chi connectivity index (χ0v) is 15.0. The highest BCUT2D eigenvalue weighted by atomic mass is 79.9. The van der Waals surface area contributed by atoms with Crippen molar-refractivity contribution in [1.29, 1.82) is 0 Å². The van der Waals surface area contributed by atoms with Gasteiger partial charge in [-0.3, -0.25) is 14.4 Å². The molecule has 1 N–H and O–H groups in total. The summed E-state index contributed by atoms with van der Waals surface area (Å²) < 4.78 is 2.54. The monoisotopic (exact) mass is 398 g/mol. The van der Waals surface area contributed by atoms with Crippen LogP contribution < -0.4 is 10.7 Å². The molecule has 6 heteroatoms. The number of ketones is 1. The Labute approximate surface area is 152 Å². The molecule has 0 saturated heterocycles. The van der Waals surface area contributed by atoms with Gasteiger partial charge in [0, 0.05) is 33.4 Å². The van der Waals surface area contributed by atoms with Gasteiger partial charge >= 0.3 is 0 Å². The number of pyridine rings is 1. The number of carbonyl (C=O) groups is 2. The largest absolute Gasteiger partial charge is 0.338 e. The molecule has 25 heavy (non-hydrogen) atoms. The van der Waals surface area contributed by atoms with Crippen LogP contribution in [-0.4, -0.2) is 16.3 Å². The first-order valence-electron chi connectivity index (χ1n) is 7.63. The van der Waals surface area contributed by atoms with Crippen LogP contribution in [0, 0.1) is 0 Å². The zero-order valence-electron chi connectivity index (χ0n) is 13.5. The van der Waals surface area contributed by atoms with Crippen LogP contribution in [0.1, 0.15) is 17.3 Å². The standard InChI is InChI=1S/C19H15BrN2O3/c1-12(23)13-3-2-4-15(9-13)21-19(25)11-22-8-7-18(24)16-6-5-14(20)10-17(16)22/h2-10H,11H2,1H3,(H,21,25). The highest BCUT2D eigenvalue weighted by Crippen LogP contribution is 2.18. The molecule has 0 aliphatic rings. The maximum Gasteiger partial charge on any atom is 0.244 e. The molecule has 5 nitrogen and oxygen atoms in total. The Morgan fingerprint density at radius 3 is 2.68 bits per heavy atom. The normalized spacial score (nSPS) is 10.6. The van der Waals surface area contributed by atoms with Crippen molar-refractivity contribution < 1.29 is 9.59 Å². The van der Waals surface area contributed by atoms with Crippen LogP contribution in [0.3, 0.4) is 0 Å². The first kappa shape index (κ1) is 17.1. The van der Waals surface area contributed by atoms with Crippen molar-refractivity contribution in [1.82, 2.24) is 4.57 Å². The zero-order chi connectivity index (χ0) is 18.0. The lowest BCUT2D eigenvalue weighted by molar-refractivity contribution is -0.116. The Hall–Kier alpha value is -2.73. The topological polar surface area (TPSA) is 68.2 Å². The molecule has 0 saturated carbocycles. The number of rotatable bonds is 4. The highest BCUT2D eigenvalue weighted by Gasteiger charge is 2.09. The highest BCUT2D eigenvalue weighted by molar-refractivity contribution is 9.10. The first-order chi connectivity index (χ1) is 11.9. The fourth-order valence-corrected chi connectivity index (χ4v) is 2.94. The first-order valence-corrected chi connectivity index (χ1v) is 8.43. The lowest BCUT2D eigenvalue weighted by Crippen LogP contribution is -2.20. The molecule has 1 aromatic heterocycles. The van der Waals surface area contributed by atoms with Crippen LogP contribution in [0.5, 0.6) is 0 Å². The molecule has 0 bridgehead atoms. The van der Waals surface area contributed by atoms with Crippen LogP contribution in [0.4, 0.5) is 5.69 Å². The van der Waals surface area contributed by atoms with E-state index in [1.807, 2.05) is 0 Å². The molecule has 0 spiro atoms. The molecule has 0 aliphatic carbocycles. The summed E-state index contributed by atoms with van der Waals surface area (Å²) in [7, 11) is 0. The van der Waals surface area contributed by atoms with Crippen molar-refractivity contribution in [2.24, 2.45) is 0 Å². The number of carbonyl (C=O) groups excluding carboxylic acids is 2. The summed E-state index contributed by atoms with van der Waals surface area (Å²) in [5, 5.41) is 3.33. The van der Waals surface area contributed by atoms with E-state index in [0.717, 1.165) is 4.47 Å². The Morgan fingerprint density at radius 1 is 1.12 bits per heavy atom. The quantitative estimate of drug-likeness (QED) is 0.682. The molecule has 1 amide bonds. The van der Waals surface area contributed by atoms with Gasteiger partial charge < -0.3 is 9.88 Å². The second-order valence-corrected chi connectivity index (χ2v) is 6.57. The summed E-state index contributed by atoms with van der Waals surface area (Å²) in [5.41, 5.74) is 1.68.